The monoisotopic (exact) mass is 676 g/mol. The molecule has 0 spiro atoms. The van der Waals surface area contributed by atoms with Crippen molar-refractivity contribution in [1.29, 1.82) is 0 Å². The van der Waals surface area contributed by atoms with Gasteiger partial charge < -0.3 is 64.5 Å². The van der Waals surface area contributed by atoms with Crippen LogP contribution >= 0.6 is 0 Å². The van der Waals surface area contributed by atoms with Crippen LogP contribution in [0.5, 0.6) is 0 Å². The molecule has 2 aliphatic rings. The molecule has 14 heteroatoms. The highest BCUT2D eigenvalue weighted by molar-refractivity contribution is 5.69. The molecular weight excluding hydrogens is 620 g/mol. The molecule has 0 aromatic heterocycles. The number of aliphatic hydroxyl groups is 8. The summed E-state index contributed by atoms with van der Waals surface area (Å²) in [5.74, 6) is -0.455. The van der Waals surface area contributed by atoms with Crippen LogP contribution in [0.4, 0.5) is 0 Å². The van der Waals surface area contributed by atoms with Gasteiger partial charge in [0, 0.05) is 6.42 Å². The van der Waals surface area contributed by atoms with Crippen molar-refractivity contribution in [2.24, 2.45) is 0 Å². The SMILES string of the molecule is CC/C=C\C/C=C\C/C=C\CCCCCCCC(=O)OC[C@@H](O)CO[C@H]1O[C@@H](CO[C@H]2O[C@@H](CO)[C@H](O)[C@@H](O)[C@@H]2O)[C@@H](O)[C@@H](O)[C@@H]1O. The van der Waals surface area contributed by atoms with Crippen LogP contribution in [0.2, 0.25) is 0 Å². The molecule has 272 valence electrons. The zero-order valence-electron chi connectivity index (χ0n) is 27.2. The Hall–Kier alpha value is -1.79. The molecule has 2 heterocycles. The minimum Gasteiger partial charge on any atom is -0.463 e. The van der Waals surface area contributed by atoms with Crippen molar-refractivity contribution in [2.45, 2.75) is 139 Å². The summed E-state index contributed by atoms with van der Waals surface area (Å²) in [4.78, 5) is 12.1. The molecule has 0 saturated carbocycles. The van der Waals surface area contributed by atoms with E-state index in [4.69, 9.17) is 23.7 Å². The number of esters is 1. The molecule has 14 nitrogen and oxygen atoms in total. The van der Waals surface area contributed by atoms with Crippen molar-refractivity contribution in [2.75, 3.05) is 26.4 Å². The van der Waals surface area contributed by atoms with Gasteiger partial charge in [-0.05, 0) is 38.5 Å². The van der Waals surface area contributed by atoms with Gasteiger partial charge in [-0.15, -0.1) is 0 Å². The Kier molecular flexibility index (Phi) is 20.7. The summed E-state index contributed by atoms with van der Waals surface area (Å²) in [6, 6.07) is 0. The summed E-state index contributed by atoms with van der Waals surface area (Å²) in [5.41, 5.74) is 0. The van der Waals surface area contributed by atoms with Gasteiger partial charge in [-0.1, -0.05) is 62.6 Å². The predicted molar refractivity (Wildman–Crippen MR) is 169 cm³/mol. The third-order valence-electron chi connectivity index (χ3n) is 7.86. The zero-order chi connectivity index (χ0) is 34.6. The first kappa shape index (κ1) is 41.4. The minimum absolute atomic E-state index is 0.220. The molecule has 0 aliphatic carbocycles. The molecule has 0 radical (unpaired) electrons. The van der Waals surface area contributed by atoms with E-state index < -0.39 is 93.3 Å². The first-order chi connectivity index (χ1) is 22.6. The van der Waals surface area contributed by atoms with Gasteiger partial charge in [0.1, 0.15) is 61.5 Å². The Morgan fingerprint density at radius 2 is 1.23 bits per heavy atom. The van der Waals surface area contributed by atoms with Gasteiger partial charge in [0.2, 0.25) is 0 Å². The summed E-state index contributed by atoms with van der Waals surface area (Å²) in [5, 5.41) is 80.3. The molecule has 11 atom stereocenters. The normalized spacial score (nSPS) is 32.4. The van der Waals surface area contributed by atoms with Gasteiger partial charge in [-0.2, -0.15) is 0 Å². The Morgan fingerprint density at radius 1 is 0.681 bits per heavy atom. The summed E-state index contributed by atoms with van der Waals surface area (Å²) < 4.78 is 26.6. The van der Waals surface area contributed by atoms with E-state index in [1.54, 1.807) is 0 Å². The Labute approximate surface area is 276 Å². The van der Waals surface area contributed by atoms with Gasteiger partial charge in [0.15, 0.2) is 12.6 Å². The molecule has 0 aromatic carbocycles. The molecule has 8 N–H and O–H groups in total. The van der Waals surface area contributed by atoms with E-state index in [1.807, 2.05) is 0 Å². The topological polar surface area (TPSA) is 225 Å². The maximum absolute atomic E-state index is 12.1. The lowest BCUT2D eigenvalue weighted by atomic mass is 9.98. The molecule has 2 fully saturated rings. The summed E-state index contributed by atoms with van der Waals surface area (Å²) >= 11 is 0. The number of ether oxygens (including phenoxy) is 5. The highest BCUT2D eigenvalue weighted by atomic mass is 16.7. The Bertz CT molecular complexity index is 927. The number of unbranched alkanes of at least 4 members (excludes halogenated alkanes) is 5. The second kappa shape index (κ2) is 23.5. The lowest BCUT2D eigenvalue weighted by Gasteiger charge is -2.42. The van der Waals surface area contributed by atoms with Crippen molar-refractivity contribution in [3.63, 3.8) is 0 Å². The average Bonchev–Trinajstić information content (AvgIpc) is 3.06. The molecular formula is C33H56O14. The maximum Gasteiger partial charge on any atom is 0.305 e. The molecule has 0 unspecified atom stereocenters. The van der Waals surface area contributed by atoms with Gasteiger partial charge in [-0.3, -0.25) is 4.79 Å². The molecule has 47 heavy (non-hydrogen) atoms. The average molecular weight is 677 g/mol. The van der Waals surface area contributed by atoms with Crippen molar-refractivity contribution in [1.82, 2.24) is 0 Å². The van der Waals surface area contributed by atoms with E-state index in [-0.39, 0.29) is 13.0 Å². The van der Waals surface area contributed by atoms with Crippen LogP contribution in [0.25, 0.3) is 0 Å². The van der Waals surface area contributed by atoms with Gasteiger partial charge in [-0.25, -0.2) is 0 Å². The van der Waals surface area contributed by atoms with Gasteiger partial charge in [0.05, 0.1) is 19.8 Å². The van der Waals surface area contributed by atoms with Crippen molar-refractivity contribution >= 4 is 5.97 Å². The molecule has 2 rings (SSSR count). The number of hydrogen-bond donors (Lipinski definition) is 8. The fraction of sp³-hybridized carbons (Fsp3) is 0.788. The lowest BCUT2D eigenvalue weighted by molar-refractivity contribution is -0.332. The molecule has 0 bridgehead atoms. The second-order valence-electron chi connectivity index (χ2n) is 11.8. The first-order valence-electron chi connectivity index (χ1n) is 16.6. The number of allylic oxidation sites excluding steroid dienone is 6. The van der Waals surface area contributed by atoms with Crippen LogP contribution in [0, 0.1) is 0 Å². The van der Waals surface area contributed by atoms with E-state index in [0.717, 1.165) is 51.4 Å². The Morgan fingerprint density at radius 3 is 1.89 bits per heavy atom. The number of carbonyl (C=O) groups is 1. The van der Waals surface area contributed by atoms with Crippen molar-refractivity contribution in [3.05, 3.63) is 36.5 Å². The van der Waals surface area contributed by atoms with E-state index in [1.165, 1.54) is 0 Å². The lowest BCUT2D eigenvalue weighted by Crippen LogP contribution is -2.61. The maximum atomic E-state index is 12.1. The van der Waals surface area contributed by atoms with Crippen molar-refractivity contribution in [3.8, 4) is 0 Å². The van der Waals surface area contributed by atoms with Crippen LogP contribution in [0.3, 0.4) is 0 Å². The number of rotatable bonds is 22. The second-order valence-corrected chi connectivity index (χ2v) is 11.8. The summed E-state index contributed by atoms with van der Waals surface area (Å²) in [6.45, 7) is 0.155. The van der Waals surface area contributed by atoms with Crippen LogP contribution in [0.1, 0.15) is 71.1 Å². The minimum atomic E-state index is -1.73. The van der Waals surface area contributed by atoms with Crippen LogP contribution in [0.15, 0.2) is 36.5 Å². The van der Waals surface area contributed by atoms with Crippen molar-refractivity contribution < 1.29 is 69.3 Å². The molecule has 2 saturated heterocycles. The van der Waals surface area contributed by atoms with Gasteiger partial charge in [0.25, 0.3) is 0 Å². The third-order valence-corrected chi connectivity index (χ3v) is 7.86. The summed E-state index contributed by atoms with van der Waals surface area (Å²) in [6.07, 6.45) is 5.21. The number of carbonyl (C=O) groups excluding carboxylic acids is 1. The van der Waals surface area contributed by atoms with Crippen LogP contribution < -0.4 is 0 Å². The van der Waals surface area contributed by atoms with Crippen LogP contribution in [-0.4, -0.2) is 141 Å². The van der Waals surface area contributed by atoms with Crippen LogP contribution in [-0.2, 0) is 28.5 Å². The predicted octanol–water partition coefficient (Wildman–Crippen LogP) is 0.121. The van der Waals surface area contributed by atoms with Gasteiger partial charge >= 0.3 is 5.97 Å². The highest BCUT2D eigenvalue weighted by Gasteiger charge is 2.47. The third kappa shape index (κ3) is 15.1. The molecule has 0 amide bonds. The number of hydrogen-bond acceptors (Lipinski definition) is 14. The number of aliphatic hydroxyl groups excluding tert-OH is 8. The van der Waals surface area contributed by atoms with E-state index in [9.17, 15) is 45.6 Å². The van der Waals surface area contributed by atoms with E-state index in [2.05, 4.69) is 43.4 Å². The fourth-order valence-corrected chi connectivity index (χ4v) is 4.99. The standard InChI is InChI=1S/C33H56O14/c1-2-3-4-5-6-7-8-9-10-11-12-13-14-15-16-17-25(36)43-19-22(35)20-44-32-31(42)29(40)27(38)24(47-32)21-45-33-30(41)28(39)26(37)23(18-34)46-33/h3-4,6-7,9-10,22-24,26-35,37-42H,2,5,8,11-21H2,1H3/b4-3-,7-6-,10-9-/t22-,23+,24+,26+,27-,28-,29-,30+,31+,32+,33+/m1/s1. The van der Waals surface area contributed by atoms with E-state index in [0.29, 0.717) is 6.42 Å². The summed E-state index contributed by atoms with van der Waals surface area (Å²) in [7, 11) is 0. The smallest absolute Gasteiger partial charge is 0.305 e. The Balaban J connectivity index is 1.59. The quantitative estimate of drug-likeness (QED) is 0.0433. The molecule has 2 aliphatic heterocycles. The van der Waals surface area contributed by atoms with E-state index >= 15 is 0 Å². The highest BCUT2D eigenvalue weighted by Crippen LogP contribution is 2.26. The largest absolute Gasteiger partial charge is 0.463 e. The molecule has 0 aromatic rings. The fourth-order valence-electron chi connectivity index (χ4n) is 4.99. The zero-order valence-corrected chi connectivity index (χ0v) is 27.2. The first-order valence-corrected chi connectivity index (χ1v) is 16.6.